The van der Waals surface area contributed by atoms with Gasteiger partial charge < -0.3 is 15.3 Å². The Hall–Kier alpha value is -1.75. The smallest absolute Gasteiger partial charge is 0.323 e. The summed E-state index contributed by atoms with van der Waals surface area (Å²) in [6.07, 6.45) is 2.00. The van der Waals surface area contributed by atoms with E-state index in [0.29, 0.717) is 10.7 Å². The molecule has 0 aliphatic heterocycles. The summed E-state index contributed by atoms with van der Waals surface area (Å²) in [4.78, 5) is 24.6. The second kappa shape index (κ2) is 6.13. The summed E-state index contributed by atoms with van der Waals surface area (Å²) in [6, 6.07) is 6.49. The van der Waals surface area contributed by atoms with E-state index in [-0.39, 0.29) is 18.5 Å². The summed E-state index contributed by atoms with van der Waals surface area (Å²) >= 11 is 5.83. The molecule has 1 atom stereocenters. The predicted molar refractivity (Wildman–Crippen MR) is 77.1 cm³/mol. The van der Waals surface area contributed by atoms with Crippen molar-refractivity contribution in [1.82, 2.24) is 5.32 Å². The van der Waals surface area contributed by atoms with E-state index in [1.165, 1.54) is 0 Å². The molecule has 0 aromatic heterocycles. The van der Waals surface area contributed by atoms with E-state index in [0.717, 1.165) is 12.8 Å². The normalized spacial score (nSPS) is 15.5. The number of rotatable bonds is 6. The molecule has 1 fully saturated rings. The molecule has 108 valence electrons. The van der Waals surface area contributed by atoms with Gasteiger partial charge in [-0.1, -0.05) is 11.6 Å². The molecular formula is C14H17ClN2O3. The van der Waals surface area contributed by atoms with Crippen LogP contribution >= 0.6 is 11.6 Å². The third kappa shape index (κ3) is 3.87. The van der Waals surface area contributed by atoms with Crippen molar-refractivity contribution in [3.05, 3.63) is 29.3 Å². The van der Waals surface area contributed by atoms with Gasteiger partial charge in [0.2, 0.25) is 5.91 Å². The van der Waals surface area contributed by atoms with E-state index >= 15 is 0 Å². The third-order valence-corrected chi connectivity index (χ3v) is 3.49. The van der Waals surface area contributed by atoms with Gasteiger partial charge in [0.05, 0.1) is 0 Å². The number of aliphatic carboxylic acids is 1. The van der Waals surface area contributed by atoms with Crippen LogP contribution in [0, 0.1) is 0 Å². The van der Waals surface area contributed by atoms with Gasteiger partial charge in [0.1, 0.15) is 12.6 Å². The average Bonchev–Trinajstić information content (AvgIpc) is 3.20. The summed E-state index contributed by atoms with van der Waals surface area (Å²) in [6.45, 7) is 1.47. The first-order valence-corrected chi connectivity index (χ1v) is 6.89. The van der Waals surface area contributed by atoms with Crippen molar-refractivity contribution in [2.24, 2.45) is 0 Å². The predicted octanol–water partition coefficient (Wildman–Crippen LogP) is 1.90. The minimum absolute atomic E-state index is 0.149. The van der Waals surface area contributed by atoms with E-state index in [4.69, 9.17) is 16.7 Å². The SMILES string of the molecule is CC(C(=O)NC1CC1)N(CC(=O)O)c1ccc(Cl)cc1. The monoisotopic (exact) mass is 296 g/mol. The van der Waals surface area contributed by atoms with Gasteiger partial charge in [0.15, 0.2) is 0 Å². The molecule has 1 aromatic carbocycles. The molecule has 1 saturated carbocycles. The Morgan fingerprint density at radius 3 is 2.50 bits per heavy atom. The van der Waals surface area contributed by atoms with Crippen LogP contribution in [0.15, 0.2) is 24.3 Å². The van der Waals surface area contributed by atoms with Gasteiger partial charge in [-0.05, 0) is 44.0 Å². The van der Waals surface area contributed by atoms with Crippen LogP contribution in [0.25, 0.3) is 0 Å². The minimum Gasteiger partial charge on any atom is -0.480 e. The molecule has 0 bridgehead atoms. The molecule has 5 nitrogen and oxygen atoms in total. The summed E-state index contributed by atoms with van der Waals surface area (Å²) < 4.78 is 0. The number of nitrogens with one attached hydrogen (secondary N) is 1. The van der Waals surface area contributed by atoms with Crippen molar-refractivity contribution >= 4 is 29.2 Å². The maximum atomic E-state index is 12.1. The molecule has 0 saturated heterocycles. The standard InChI is InChI=1S/C14H17ClN2O3/c1-9(14(20)16-11-4-5-11)17(8-13(18)19)12-6-2-10(15)3-7-12/h2-3,6-7,9,11H,4-5,8H2,1H3,(H,16,20)(H,18,19). The molecular weight excluding hydrogens is 280 g/mol. The first kappa shape index (κ1) is 14.7. The van der Waals surface area contributed by atoms with Crippen LogP contribution in [0.1, 0.15) is 19.8 Å². The zero-order chi connectivity index (χ0) is 14.7. The van der Waals surface area contributed by atoms with Gasteiger partial charge in [-0.2, -0.15) is 0 Å². The summed E-state index contributed by atoms with van der Waals surface area (Å²) in [5, 5.41) is 12.5. The Morgan fingerprint density at radius 1 is 1.40 bits per heavy atom. The lowest BCUT2D eigenvalue weighted by molar-refractivity contribution is -0.135. The topological polar surface area (TPSA) is 69.6 Å². The van der Waals surface area contributed by atoms with Crippen molar-refractivity contribution in [3.8, 4) is 0 Å². The molecule has 1 aromatic rings. The molecule has 0 spiro atoms. The summed E-state index contributed by atoms with van der Waals surface area (Å²) in [7, 11) is 0. The molecule has 6 heteroatoms. The van der Waals surface area contributed by atoms with Crippen LogP contribution in [0.2, 0.25) is 5.02 Å². The molecule has 1 aliphatic rings. The number of carboxylic acids is 1. The Labute approximate surface area is 122 Å². The minimum atomic E-state index is -0.981. The fourth-order valence-corrected chi connectivity index (χ4v) is 2.05. The average molecular weight is 297 g/mol. The van der Waals surface area contributed by atoms with Crippen molar-refractivity contribution in [2.75, 3.05) is 11.4 Å². The number of anilines is 1. The maximum absolute atomic E-state index is 12.1. The van der Waals surface area contributed by atoms with Gasteiger partial charge in [0, 0.05) is 16.8 Å². The quantitative estimate of drug-likeness (QED) is 0.841. The van der Waals surface area contributed by atoms with Gasteiger partial charge in [-0.15, -0.1) is 0 Å². The second-order valence-electron chi connectivity index (χ2n) is 4.96. The lowest BCUT2D eigenvalue weighted by Crippen LogP contribution is -2.48. The van der Waals surface area contributed by atoms with Crippen molar-refractivity contribution in [1.29, 1.82) is 0 Å². The number of hydrogen-bond donors (Lipinski definition) is 2. The molecule has 2 N–H and O–H groups in total. The summed E-state index contributed by atoms with van der Waals surface area (Å²) in [5.74, 6) is -1.13. The number of hydrogen-bond acceptors (Lipinski definition) is 3. The van der Waals surface area contributed by atoms with E-state index in [2.05, 4.69) is 5.32 Å². The fraction of sp³-hybridized carbons (Fsp3) is 0.429. The first-order chi connectivity index (χ1) is 9.47. The van der Waals surface area contributed by atoms with Crippen molar-refractivity contribution in [3.63, 3.8) is 0 Å². The fourth-order valence-electron chi connectivity index (χ4n) is 1.92. The Kier molecular flexibility index (Phi) is 4.49. The molecule has 0 radical (unpaired) electrons. The zero-order valence-corrected chi connectivity index (χ0v) is 11.9. The first-order valence-electron chi connectivity index (χ1n) is 6.51. The van der Waals surface area contributed by atoms with Crippen LogP contribution < -0.4 is 10.2 Å². The Balaban J connectivity index is 2.14. The number of halogens is 1. The van der Waals surface area contributed by atoms with Gasteiger partial charge in [-0.3, -0.25) is 9.59 Å². The Morgan fingerprint density at radius 2 is 2.00 bits per heavy atom. The highest BCUT2D eigenvalue weighted by Crippen LogP contribution is 2.22. The molecule has 1 amide bonds. The number of nitrogens with zero attached hydrogens (tertiary/aromatic N) is 1. The number of carbonyl (C=O) groups excluding carboxylic acids is 1. The number of carbonyl (C=O) groups is 2. The van der Waals surface area contributed by atoms with Gasteiger partial charge >= 0.3 is 5.97 Å². The lowest BCUT2D eigenvalue weighted by atomic mass is 10.2. The van der Waals surface area contributed by atoms with Crippen molar-refractivity contribution in [2.45, 2.75) is 31.8 Å². The van der Waals surface area contributed by atoms with Crippen LogP contribution in [0.4, 0.5) is 5.69 Å². The number of benzene rings is 1. The van der Waals surface area contributed by atoms with Crippen LogP contribution in [-0.4, -0.2) is 35.6 Å². The highest BCUT2D eigenvalue weighted by molar-refractivity contribution is 6.30. The molecule has 2 rings (SSSR count). The molecule has 1 unspecified atom stereocenters. The highest BCUT2D eigenvalue weighted by atomic mass is 35.5. The van der Waals surface area contributed by atoms with E-state index < -0.39 is 12.0 Å². The largest absolute Gasteiger partial charge is 0.480 e. The second-order valence-corrected chi connectivity index (χ2v) is 5.39. The van der Waals surface area contributed by atoms with Crippen LogP contribution in [-0.2, 0) is 9.59 Å². The van der Waals surface area contributed by atoms with E-state index in [1.54, 1.807) is 36.1 Å². The third-order valence-electron chi connectivity index (χ3n) is 3.23. The van der Waals surface area contributed by atoms with Crippen molar-refractivity contribution < 1.29 is 14.7 Å². The van der Waals surface area contributed by atoms with Gasteiger partial charge in [0.25, 0.3) is 0 Å². The van der Waals surface area contributed by atoms with E-state index in [1.807, 2.05) is 0 Å². The number of amides is 1. The van der Waals surface area contributed by atoms with Gasteiger partial charge in [-0.25, -0.2) is 0 Å². The molecule has 0 heterocycles. The number of carboxylic acid groups (broad SMARTS) is 1. The van der Waals surface area contributed by atoms with Crippen LogP contribution in [0.3, 0.4) is 0 Å². The molecule has 20 heavy (non-hydrogen) atoms. The van der Waals surface area contributed by atoms with E-state index in [9.17, 15) is 9.59 Å². The Bertz CT molecular complexity index is 500. The maximum Gasteiger partial charge on any atom is 0.323 e. The molecule has 1 aliphatic carbocycles. The zero-order valence-electron chi connectivity index (χ0n) is 11.2. The van der Waals surface area contributed by atoms with Crippen LogP contribution in [0.5, 0.6) is 0 Å². The summed E-state index contributed by atoms with van der Waals surface area (Å²) in [5.41, 5.74) is 0.662. The lowest BCUT2D eigenvalue weighted by Gasteiger charge is -2.29. The highest BCUT2D eigenvalue weighted by Gasteiger charge is 2.29.